The number of hydrogen-bond donors (Lipinski definition) is 1. The van der Waals surface area contributed by atoms with Crippen LogP contribution in [0.1, 0.15) is 43.6 Å². The van der Waals surface area contributed by atoms with E-state index in [2.05, 4.69) is 5.32 Å². The van der Waals surface area contributed by atoms with E-state index >= 15 is 0 Å². The summed E-state index contributed by atoms with van der Waals surface area (Å²) in [5.74, 6) is -3.82. The van der Waals surface area contributed by atoms with Crippen LogP contribution in [0.25, 0.3) is 10.8 Å². The number of methoxy groups -OCH3 is 1. The third-order valence-electron chi connectivity index (χ3n) is 6.96. The van der Waals surface area contributed by atoms with Gasteiger partial charge in [0.1, 0.15) is 23.2 Å². The molecule has 0 aliphatic carbocycles. The first-order valence-electron chi connectivity index (χ1n) is 11.6. The van der Waals surface area contributed by atoms with Crippen molar-refractivity contribution in [2.45, 2.75) is 51.4 Å². The maximum Gasteiger partial charge on any atom is 0.495 e. The minimum absolute atomic E-state index is 0.0403. The highest BCUT2D eigenvalue weighted by Gasteiger charge is 2.52. The molecule has 0 bridgehead atoms. The van der Waals surface area contributed by atoms with Gasteiger partial charge in [-0.1, -0.05) is 42.5 Å². The molecule has 3 aromatic carbocycles. The second-order valence-electron chi connectivity index (χ2n) is 9.80. The molecule has 1 saturated heterocycles. The highest BCUT2D eigenvalue weighted by Crippen LogP contribution is 2.37. The van der Waals surface area contributed by atoms with Gasteiger partial charge in [-0.15, -0.1) is 0 Å². The van der Waals surface area contributed by atoms with Crippen LogP contribution < -0.4 is 10.8 Å². The molecule has 9 heteroatoms. The van der Waals surface area contributed by atoms with Gasteiger partial charge < -0.3 is 19.4 Å². The van der Waals surface area contributed by atoms with Crippen LogP contribution in [0.3, 0.4) is 0 Å². The van der Waals surface area contributed by atoms with E-state index in [0.717, 1.165) is 40.0 Å². The van der Waals surface area contributed by atoms with Crippen molar-refractivity contribution >= 4 is 35.2 Å². The highest BCUT2D eigenvalue weighted by molar-refractivity contribution is 6.65. The number of halogens is 2. The molecular weight excluding hydrogens is 467 g/mol. The monoisotopic (exact) mass is 495 g/mol. The summed E-state index contributed by atoms with van der Waals surface area (Å²) in [5.41, 5.74) is -0.220. The van der Waals surface area contributed by atoms with Gasteiger partial charge in [-0.25, -0.2) is 13.6 Å². The maximum absolute atomic E-state index is 14.1. The Labute approximate surface area is 209 Å². The van der Waals surface area contributed by atoms with E-state index in [1.54, 1.807) is 0 Å². The number of ether oxygens (including phenoxy) is 1. The Morgan fingerprint density at radius 1 is 0.917 bits per heavy atom. The smallest absolute Gasteiger partial charge is 0.467 e. The fourth-order valence-corrected chi connectivity index (χ4v) is 4.24. The summed E-state index contributed by atoms with van der Waals surface area (Å²) < 4.78 is 45.6. The molecule has 3 aromatic rings. The molecule has 36 heavy (non-hydrogen) atoms. The second-order valence-corrected chi connectivity index (χ2v) is 9.80. The van der Waals surface area contributed by atoms with Gasteiger partial charge >= 0.3 is 13.1 Å². The molecule has 0 spiro atoms. The molecule has 1 N–H and O–H groups in total. The van der Waals surface area contributed by atoms with Gasteiger partial charge in [-0.2, -0.15) is 0 Å². The number of benzene rings is 3. The molecule has 1 amide bonds. The normalized spacial score (nSPS) is 17.1. The SMILES string of the molecule is COC(=O)[C@H](Cc1ccc(B2OC(C)(C)C(C)(C)O2)c2ccccc12)NC(=O)c1c(F)cccc1F. The number of nitrogens with one attached hydrogen (secondary N) is 1. The Morgan fingerprint density at radius 2 is 1.50 bits per heavy atom. The molecule has 1 aliphatic heterocycles. The Kier molecular flexibility index (Phi) is 6.90. The molecule has 1 heterocycles. The predicted octanol–water partition coefficient (Wildman–Crippen LogP) is 3.93. The van der Waals surface area contributed by atoms with Crippen molar-refractivity contribution in [1.82, 2.24) is 5.32 Å². The fraction of sp³-hybridized carbons (Fsp3) is 0.333. The van der Waals surface area contributed by atoms with Gasteiger partial charge in [0.15, 0.2) is 0 Å². The summed E-state index contributed by atoms with van der Waals surface area (Å²) >= 11 is 0. The summed E-state index contributed by atoms with van der Waals surface area (Å²) in [6.07, 6.45) is 0.0403. The molecule has 1 fully saturated rings. The van der Waals surface area contributed by atoms with Gasteiger partial charge in [0, 0.05) is 6.42 Å². The average Bonchev–Trinajstić information content (AvgIpc) is 3.04. The van der Waals surface area contributed by atoms with Crippen LogP contribution in [0.15, 0.2) is 54.6 Å². The van der Waals surface area contributed by atoms with E-state index < -0.39 is 53.4 Å². The molecule has 0 aromatic heterocycles. The van der Waals surface area contributed by atoms with Gasteiger partial charge in [-0.05, 0) is 61.6 Å². The zero-order valence-electron chi connectivity index (χ0n) is 20.9. The molecular formula is C27H28BF2NO5. The summed E-state index contributed by atoms with van der Waals surface area (Å²) in [6.45, 7) is 7.91. The van der Waals surface area contributed by atoms with Crippen LogP contribution in [0, 0.1) is 11.6 Å². The molecule has 6 nitrogen and oxygen atoms in total. The Hall–Kier alpha value is -3.30. The maximum atomic E-state index is 14.1. The van der Waals surface area contributed by atoms with E-state index in [4.69, 9.17) is 14.0 Å². The van der Waals surface area contributed by atoms with Crippen molar-refractivity contribution in [2.24, 2.45) is 0 Å². The zero-order chi connectivity index (χ0) is 26.3. The third kappa shape index (κ3) is 4.73. The summed E-state index contributed by atoms with van der Waals surface area (Å²) in [7, 11) is 0.596. The molecule has 1 aliphatic rings. The lowest BCUT2D eigenvalue weighted by Gasteiger charge is -2.32. The zero-order valence-corrected chi connectivity index (χ0v) is 20.9. The molecule has 0 saturated carbocycles. The fourth-order valence-electron chi connectivity index (χ4n) is 4.24. The number of carbonyl (C=O) groups is 2. The van der Waals surface area contributed by atoms with Crippen LogP contribution in [0.4, 0.5) is 8.78 Å². The first kappa shape index (κ1) is 25.8. The van der Waals surface area contributed by atoms with E-state index in [-0.39, 0.29) is 6.42 Å². The third-order valence-corrected chi connectivity index (χ3v) is 6.96. The number of amides is 1. The van der Waals surface area contributed by atoms with Gasteiger partial charge in [-0.3, -0.25) is 4.79 Å². The summed E-state index contributed by atoms with van der Waals surface area (Å²) in [5, 5.41) is 4.12. The topological polar surface area (TPSA) is 73.9 Å². The standard InChI is InChI=1S/C27H28BF2NO5/c1-26(2)27(3,4)36-28(35-26)19-14-13-16(17-9-6-7-10-18(17)19)15-22(25(33)34-5)31-24(32)23-20(29)11-8-12-21(23)30/h6-14,22H,15H2,1-5H3,(H,31,32)/t22-/m0/s1. The van der Waals surface area contributed by atoms with E-state index in [1.165, 1.54) is 7.11 Å². The minimum atomic E-state index is -1.17. The number of rotatable bonds is 6. The van der Waals surface area contributed by atoms with Crippen molar-refractivity contribution < 1.29 is 32.4 Å². The van der Waals surface area contributed by atoms with Crippen LogP contribution in [0.2, 0.25) is 0 Å². The van der Waals surface area contributed by atoms with E-state index in [9.17, 15) is 18.4 Å². The summed E-state index contributed by atoms with van der Waals surface area (Å²) in [6, 6.07) is 13.2. The Morgan fingerprint density at radius 3 is 2.08 bits per heavy atom. The van der Waals surface area contributed by atoms with Crippen molar-refractivity contribution in [3.05, 3.63) is 77.4 Å². The number of esters is 1. The minimum Gasteiger partial charge on any atom is -0.467 e. The average molecular weight is 495 g/mol. The van der Waals surface area contributed by atoms with Crippen LogP contribution in [-0.2, 0) is 25.3 Å². The molecule has 4 rings (SSSR count). The van der Waals surface area contributed by atoms with Crippen molar-refractivity contribution in [2.75, 3.05) is 7.11 Å². The van der Waals surface area contributed by atoms with Gasteiger partial charge in [0.05, 0.1) is 18.3 Å². The van der Waals surface area contributed by atoms with Crippen LogP contribution >= 0.6 is 0 Å². The van der Waals surface area contributed by atoms with Gasteiger partial charge in [0.25, 0.3) is 5.91 Å². The Bertz CT molecular complexity index is 1290. The van der Waals surface area contributed by atoms with Crippen molar-refractivity contribution in [1.29, 1.82) is 0 Å². The quantitative estimate of drug-likeness (QED) is 0.415. The summed E-state index contributed by atoms with van der Waals surface area (Å²) in [4.78, 5) is 25.2. The number of fused-ring (bicyclic) bond motifs is 1. The van der Waals surface area contributed by atoms with Crippen LogP contribution in [0.5, 0.6) is 0 Å². The highest BCUT2D eigenvalue weighted by atomic mass is 19.1. The number of carbonyl (C=O) groups excluding carboxylic acids is 2. The predicted molar refractivity (Wildman–Crippen MR) is 133 cm³/mol. The molecule has 0 radical (unpaired) electrons. The van der Waals surface area contributed by atoms with E-state index in [1.807, 2.05) is 64.1 Å². The van der Waals surface area contributed by atoms with Crippen molar-refractivity contribution in [3.8, 4) is 0 Å². The lowest BCUT2D eigenvalue weighted by molar-refractivity contribution is -0.142. The largest absolute Gasteiger partial charge is 0.495 e. The van der Waals surface area contributed by atoms with Crippen LogP contribution in [-0.4, -0.2) is 43.3 Å². The lowest BCUT2D eigenvalue weighted by atomic mass is 9.75. The number of hydrogen-bond acceptors (Lipinski definition) is 5. The van der Waals surface area contributed by atoms with E-state index in [0.29, 0.717) is 0 Å². The molecule has 0 unspecified atom stereocenters. The first-order valence-corrected chi connectivity index (χ1v) is 11.6. The van der Waals surface area contributed by atoms with Crippen molar-refractivity contribution in [3.63, 3.8) is 0 Å². The Balaban J connectivity index is 1.67. The van der Waals surface area contributed by atoms with Gasteiger partial charge in [0.2, 0.25) is 0 Å². The lowest BCUT2D eigenvalue weighted by Crippen LogP contribution is -2.43. The first-order chi connectivity index (χ1) is 16.9. The molecule has 1 atom stereocenters. The second kappa shape index (κ2) is 9.63. The molecule has 188 valence electrons.